The van der Waals surface area contributed by atoms with E-state index in [0.29, 0.717) is 5.56 Å². The second-order valence-corrected chi connectivity index (χ2v) is 5.72. The number of aryl methyl sites for hydroxylation is 1. The summed E-state index contributed by atoms with van der Waals surface area (Å²) in [6.07, 6.45) is 0.957. The predicted molar refractivity (Wildman–Crippen MR) is 78.4 cm³/mol. The van der Waals surface area contributed by atoms with E-state index in [0.717, 1.165) is 17.4 Å². The number of hydrogen-bond donors (Lipinski definition) is 1. The molecule has 0 amide bonds. The van der Waals surface area contributed by atoms with Gasteiger partial charge in [0.1, 0.15) is 12.4 Å². The molecule has 1 heterocycles. The highest BCUT2D eigenvalue weighted by Crippen LogP contribution is 2.20. The first-order valence-electron chi connectivity index (χ1n) is 6.31. The van der Waals surface area contributed by atoms with E-state index in [2.05, 4.69) is 6.92 Å². The molecular weight excluding hydrogens is 277 g/mol. The molecule has 0 fully saturated rings. The lowest BCUT2D eigenvalue weighted by molar-refractivity contribution is 0.0476. The standard InChI is InChI=1S/C15H16FNO2S/c1-3-11-4-5-12(20-11)8-19-15(18)10-6-13(16)9(2)14(17)7-10/h4-7H,3,8,17H2,1-2H3. The lowest BCUT2D eigenvalue weighted by atomic mass is 10.1. The van der Waals surface area contributed by atoms with Gasteiger partial charge >= 0.3 is 5.97 Å². The molecule has 0 atom stereocenters. The van der Waals surface area contributed by atoms with Gasteiger partial charge in [-0.05, 0) is 37.6 Å². The average Bonchev–Trinajstić information content (AvgIpc) is 2.89. The van der Waals surface area contributed by atoms with Crippen LogP contribution in [0, 0.1) is 12.7 Å². The number of rotatable bonds is 4. The fraction of sp³-hybridized carbons (Fsp3) is 0.267. The summed E-state index contributed by atoms with van der Waals surface area (Å²) >= 11 is 1.60. The third-order valence-electron chi connectivity index (χ3n) is 3.03. The highest BCUT2D eigenvalue weighted by Gasteiger charge is 2.13. The van der Waals surface area contributed by atoms with E-state index in [1.165, 1.54) is 10.9 Å². The predicted octanol–water partition coefficient (Wildman–Crippen LogP) is 3.70. The van der Waals surface area contributed by atoms with Gasteiger partial charge in [0.05, 0.1) is 5.56 Å². The summed E-state index contributed by atoms with van der Waals surface area (Å²) in [4.78, 5) is 14.1. The van der Waals surface area contributed by atoms with Crippen LogP contribution in [0.2, 0.25) is 0 Å². The quantitative estimate of drug-likeness (QED) is 0.691. The third-order valence-corrected chi connectivity index (χ3v) is 4.23. The van der Waals surface area contributed by atoms with Gasteiger partial charge in [-0.15, -0.1) is 11.3 Å². The second kappa shape index (κ2) is 6.05. The number of ether oxygens (including phenoxy) is 1. The van der Waals surface area contributed by atoms with Crippen LogP contribution in [-0.4, -0.2) is 5.97 Å². The van der Waals surface area contributed by atoms with Crippen molar-refractivity contribution in [3.63, 3.8) is 0 Å². The summed E-state index contributed by atoms with van der Waals surface area (Å²) in [5.41, 5.74) is 6.37. The van der Waals surface area contributed by atoms with Crippen molar-refractivity contribution in [3.05, 3.63) is 51.0 Å². The number of esters is 1. The van der Waals surface area contributed by atoms with Crippen molar-refractivity contribution >= 4 is 23.0 Å². The summed E-state index contributed by atoms with van der Waals surface area (Å²) in [6.45, 7) is 3.83. The average molecular weight is 293 g/mol. The molecule has 3 nitrogen and oxygen atoms in total. The van der Waals surface area contributed by atoms with Gasteiger partial charge in [0.2, 0.25) is 0 Å². The van der Waals surface area contributed by atoms with Gasteiger partial charge in [0, 0.05) is 21.0 Å². The second-order valence-electron chi connectivity index (χ2n) is 4.47. The molecule has 0 unspecified atom stereocenters. The Bertz CT molecular complexity index is 614. The molecular formula is C15H16FNO2S. The van der Waals surface area contributed by atoms with Crippen molar-refractivity contribution < 1.29 is 13.9 Å². The minimum atomic E-state index is -0.568. The minimum absolute atomic E-state index is 0.137. The Labute approximate surface area is 121 Å². The third kappa shape index (κ3) is 3.17. The summed E-state index contributed by atoms with van der Waals surface area (Å²) in [5.74, 6) is -1.07. The largest absolute Gasteiger partial charge is 0.456 e. The Morgan fingerprint density at radius 3 is 2.65 bits per heavy atom. The molecule has 0 aliphatic carbocycles. The summed E-state index contributed by atoms with van der Waals surface area (Å²) in [7, 11) is 0. The zero-order valence-electron chi connectivity index (χ0n) is 11.4. The van der Waals surface area contributed by atoms with Gasteiger partial charge in [-0.3, -0.25) is 0 Å². The zero-order valence-corrected chi connectivity index (χ0v) is 12.2. The van der Waals surface area contributed by atoms with E-state index in [-0.39, 0.29) is 17.9 Å². The summed E-state index contributed by atoms with van der Waals surface area (Å²) in [6, 6.07) is 6.53. The summed E-state index contributed by atoms with van der Waals surface area (Å²) < 4.78 is 18.7. The number of nitrogen functional groups attached to an aromatic ring is 1. The number of carbonyl (C=O) groups excluding carboxylic acids is 1. The molecule has 20 heavy (non-hydrogen) atoms. The number of hydrogen-bond acceptors (Lipinski definition) is 4. The number of anilines is 1. The van der Waals surface area contributed by atoms with Crippen molar-refractivity contribution in [2.24, 2.45) is 0 Å². The van der Waals surface area contributed by atoms with Crippen molar-refractivity contribution in [2.75, 3.05) is 5.73 Å². The van der Waals surface area contributed by atoms with Crippen molar-refractivity contribution in [1.29, 1.82) is 0 Å². The van der Waals surface area contributed by atoms with E-state index in [1.807, 2.05) is 12.1 Å². The first-order valence-corrected chi connectivity index (χ1v) is 7.13. The van der Waals surface area contributed by atoms with Gasteiger partial charge in [0.25, 0.3) is 0 Å². The van der Waals surface area contributed by atoms with E-state index in [9.17, 15) is 9.18 Å². The maximum absolute atomic E-state index is 13.5. The van der Waals surface area contributed by atoms with Crippen molar-refractivity contribution in [3.8, 4) is 0 Å². The maximum atomic E-state index is 13.5. The number of benzene rings is 1. The van der Waals surface area contributed by atoms with Crippen LogP contribution < -0.4 is 5.73 Å². The van der Waals surface area contributed by atoms with Crippen LogP contribution in [-0.2, 0) is 17.8 Å². The lowest BCUT2D eigenvalue weighted by Crippen LogP contribution is -2.07. The SMILES string of the molecule is CCc1ccc(COC(=O)c2cc(N)c(C)c(F)c2)s1. The van der Waals surface area contributed by atoms with Gasteiger partial charge in [-0.2, -0.15) is 0 Å². The molecule has 106 valence electrons. The first kappa shape index (κ1) is 14.5. The van der Waals surface area contributed by atoms with Gasteiger partial charge in [-0.25, -0.2) is 9.18 Å². The van der Waals surface area contributed by atoms with Crippen LogP contribution in [0.1, 0.15) is 32.6 Å². The lowest BCUT2D eigenvalue weighted by Gasteiger charge is -2.07. The molecule has 0 radical (unpaired) electrons. The molecule has 0 spiro atoms. The van der Waals surface area contributed by atoms with Crippen LogP contribution in [0.25, 0.3) is 0 Å². The monoisotopic (exact) mass is 293 g/mol. The van der Waals surface area contributed by atoms with Crippen LogP contribution in [0.3, 0.4) is 0 Å². The van der Waals surface area contributed by atoms with Crippen molar-refractivity contribution in [2.45, 2.75) is 26.9 Å². The van der Waals surface area contributed by atoms with Gasteiger partial charge < -0.3 is 10.5 Å². The van der Waals surface area contributed by atoms with E-state index >= 15 is 0 Å². The topological polar surface area (TPSA) is 52.3 Å². The fourth-order valence-corrected chi connectivity index (χ4v) is 2.60. The number of carbonyl (C=O) groups is 1. The molecule has 1 aromatic carbocycles. The van der Waals surface area contributed by atoms with Crippen molar-refractivity contribution in [1.82, 2.24) is 0 Å². The zero-order chi connectivity index (χ0) is 14.7. The van der Waals surface area contributed by atoms with Crippen LogP contribution in [0.5, 0.6) is 0 Å². The Morgan fingerprint density at radius 1 is 1.35 bits per heavy atom. The number of halogens is 1. The smallest absolute Gasteiger partial charge is 0.338 e. The van der Waals surface area contributed by atoms with Crippen LogP contribution in [0.4, 0.5) is 10.1 Å². The molecule has 0 bridgehead atoms. The molecule has 2 rings (SSSR count). The number of nitrogens with two attached hydrogens (primary N) is 1. The Hall–Kier alpha value is -1.88. The Kier molecular flexibility index (Phi) is 4.39. The minimum Gasteiger partial charge on any atom is -0.456 e. The van der Waals surface area contributed by atoms with E-state index in [1.54, 1.807) is 18.3 Å². The molecule has 0 aliphatic rings. The van der Waals surface area contributed by atoms with E-state index < -0.39 is 11.8 Å². The van der Waals surface area contributed by atoms with Gasteiger partial charge in [-0.1, -0.05) is 6.92 Å². The van der Waals surface area contributed by atoms with Gasteiger partial charge in [0.15, 0.2) is 0 Å². The molecule has 0 aliphatic heterocycles. The molecule has 5 heteroatoms. The van der Waals surface area contributed by atoms with E-state index in [4.69, 9.17) is 10.5 Å². The molecule has 1 aromatic heterocycles. The highest BCUT2D eigenvalue weighted by molar-refractivity contribution is 7.11. The van der Waals surface area contributed by atoms with Crippen LogP contribution >= 0.6 is 11.3 Å². The normalized spacial score (nSPS) is 10.6. The Morgan fingerprint density at radius 2 is 2.05 bits per heavy atom. The highest BCUT2D eigenvalue weighted by atomic mass is 32.1. The molecule has 0 saturated heterocycles. The van der Waals surface area contributed by atoms with Crippen LogP contribution in [0.15, 0.2) is 24.3 Å². The molecule has 0 saturated carbocycles. The summed E-state index contributed by atoms with van der Waals surface area (Å²) in [5, 5.41) is 0. The molecule has 2 N–H and O–H groups in total. The Balaban J connectivity index is 2.05. The molecule has 2 aromatic rings. The fourth-order valence-electron chi connectivity index (χ4n) is 1.73. The maximum Gasteiger partial charge on any atom is 0.338 e. The number of thiophene rings is 1. The first-order chi connectivity index (χ1) is 9.51.